The number of fused-ring (bicyclic) bond motifs is 4. The SMILES string of the molecule is Cc1nc(CN2C(=O)c3c(nc(N4CCCCC4)n3Cc3sccc3F)N3CCN=C23)nc2ccccc12. The van der Waals surface area contributed by atoms with Gasteiger partial charge in [-0.05, 0) is 43.7 Å². The Kier molecular flexibility index (Phi) is 5.61. The number of nitrogens with zero attached hydrogens (tertiary/aromatic N) is 8. The minimum Gasteiger partial charge on any atom is -0.342 e. The highest BCUT2D eigenvalue weighted by Crippen LogP contribution is 2.36. The number of thiophene rings is 1. The Morgan fingerprint density at radius 1 is 1.00 bits per heavy atom. The molecule has 11 heteroatoms. The molecular formula is C27H27FN8OS. The van der Waals surface area contributed by atoms with Crippen LogP contribution < -0.4 is 9.80 Å². The van der Waals surface area contributed by atoms with Gasteiger partial charge in [0.25, 0.3) is 5.91 Å². The molecular weight excluding hydrogens is 503 g/mol. The summed E-state index contributed by atoms with van der Waals surface area (Å²) in [4.78, 5) is 39.9. The van der Waals surface area contributed by atoms with Crippen molar-refractivity contribution in [1.29, 1.82) is 0 Å². The summed E-state index contributed by atoms with van der Waals surface area (Å²) in [6.07, 6.45) is 3.32. The summed E-state index contributed by atoms with van der Waals surface area (Å²) >= 11 is 1.36. The molecule has 6 heterocycles. The third kappa shape index (κ3) is 3.75. The first kappa shape index (κ1) is 23.3. The van der Waals surface area contributed by atoms with Crippen LogP contribution in [-0.4, -0.2) is 62.5 Å². The number of benzene rings is 1. The number of carbonyl (C=O) groups is 1. The topological polar surface area (TPSA) is 82.8 Å². The van der Waals surface area contributed by atoms with Gasteiger partial charge < -0.3 is 4.90 Å². The van der Waals surface area contributed by atoms with E-state index in [2.05, 4.69) is 9.89 Å². The number of anilines is 2. The molecule has 194 valence electrons. The van der Waals surface area contributed by atoms with Crippen LogP contribution in [0.3, 0.4) is 0 Å². The van der Waals surface area contributed by atoms with Crippen molar-refractivity contribution >= 4 is 45.9 Å². The molecule has 3 aromatic heterocycles. The maximum absolute atomic E-state index is 14.6. The number of hydrogen-bond acceptors (Lipinski definition) is 8. The fourth-order valence-corrected chi connectivity index (χ4v) is 6.37. The van der Waals surface area contributed by atoms with Crippen molar-refractivity contribution in [3.8, 4) is 0 Å². The Bertz CT molecular complexity index is 1590. The molecule has 0 atom stereocenters. The van der Waals surface area contributed by atoms with Gasteiger partial charge in [-0.1, -0.05) is 18.2 Å². The second-order valence-electron chi connectivity index (χ2n) is 9.88. The minimum absolute atomic E-state index is 0.191. The Hall–Kier alpha value is -3.86. The van der Waals surface area contributed by atoms with E-state index >= 15 is 0 Å². The van der Waals surface area contributed by atoms with E-state index in [0.717, 1.165) is 48.5 Å². The maximum atomic E-state index is 14.6. The predicted octanol–water partition coefficient (Wildman–Crippen LogP) is 4.21. The van der Waals surface area contributed by atoms with Gasteiger partial charge in [0.05, 0.1) is 30.0 Å². The van der Waals surface area contributed by atoms with Crippen LogP contribution in [0.2, 0.25) is 0 Å². The van der Waals surface area contributed by atoms with Gasteiger partial charge >= 0.3 is 0 Å². The van der Waals surface area contributed by atoms with E-state index in [1.165, 1.54) is 23.8 Å². The molecule has 0 radical (unpaired) electrons. The lowest BCUT2D eigenvalue weighted by Gasteiger charge is -2.33. The first-order valence-electron chi connectivity index (χ1n) is 13.0. The van der Waals surface area contributed by atoms with Crippen molar-refractivity contribution in [3.05, 3.63) is 63.6 Å². The Morgan fingerprint density at radius 2 is 1.84 bits per heavy atom. The fourth-order valence-electron chi connectivity index (χ4n) is 5.63. The molecule has 1 aromatic carbocycles. The smallest absolute Gasteiger partial charge is 0.281 e. The summed E-state index contributed by atoms with van der Waals surface area (Å²) in [6, 6.07) is 9.35. The van der Waals surface area contributed by atoms with Gasteiger partial charge in [-0.25, -0.2) is 14.4 Å². The number of aryl methyl sites for hydroxylation is 1. The third-order valence-corrected chi connectivity index (χ3v) is 8.34. The number of imidazole rings is 1. The molecule has 7 rings (SSSR count). The standard InChI is InChI=1S/C27H27FN8OS/c1-17-18-7-3-4-8-20(18)31-22(30-17)16-36-25(37)23-24(34-13-10-29-26(34)36)32-27(33-11-5-2-6-12-33)35(23)15-21-19(28)9-14-38-21/h3-4,7-9,14H,2,5-6,10-13,15-16H2,1H3. The molecule has 1 fully saturated rings. The van der Waals surface area contributed by atoms with Gasteiger partial charge in [0.1, 0.15) is 11.6 Å². The molecule has 0 bridgehead atoms. The number of guanidine groups is 1. The van der Waals surface area contributed by atoms with Crippen LogP contribution in [0.1, 0.15) is 46.1 Å². The van der Waals surface area contributed by atoms with Gasteiger partial charge in [0, 0.05) is 30.7 Å². The normalized spacial score (nSPS) is 17.3. The van der Waals surface area contributed by atoms with Gasteiger partial charge in [0.15, 0.2) is 11.5 Å². The second kappa shape index (κ2) is 9.16. The van der Waals surface area contributed by atoms with E-state index in [1.807, 2.05) is 40.7 Å². The van der Waals surface area contributed by atoms with Crippen LogP contribution in [0.25, 0.3) is 10.9 Å². The number of aromatic nitrogens is 4. The van der Waals surface area contributed by atoms with Crippen molar-refractivity contribution in [2.75, 3.05) is 36.0 Å². The Morgan fingerprint density at radius 3 is 2.66 bits per heavy atom. The molecule has 0 spiro atoms. The second-order valence-corrected chi connectivity index (χ2v) is 10.9. The molecule has 4 aromatic rings. The number of rotatable bonds is 5. The molecule has 9 nitrogen and oxygen atoms in total. The number of carbonyl (C=O) groups excluding carboxylic acids is 1. The van der Waals surface area contributed by atoms with Gasteiger partial charge in [-0.3, -0.25) is 24.2 Å². The van der Waals surface area contributed by atoms with Crippen molar-refractivity contribution in [2.24, 2.45) is 4.99 Å². The van der Waals surface area contributed by atoms with Crippen LogP contribution in [0.15, 0.2) is 40.7 Å². The number of para-hydroxylation sites is 1. The third-order valence-electron chi connectivity index (χ3n) is 7.46. The van der Waals surface area contributed by atoms with Crippen LogP contribution in [-0.2, 0) is 13.1 Å². The lowest BCUT2D eigenvalue weighted by molar-refractivity contribution is 0.0820. The minimum atomic E-state index is -0.259. The fraction of sp³-hybridized carbons (Fsp3) is 0.370. The van der Waals surface area contributed by atoms with Crippen molar-refractivity contribution in [1.82, 2.24) is 24.4 Å². The first-order chi connectivity index (χ1) is 18.6. The monoisotopic (exact) mass is 530 g/mol. The molecule has 0 unspecified atom stereocenters. The molecule has 1 amide bonds. The van der Waals surface area contributed by atoms with E-state index in [9.17, 15) is 9.18 Å². The van der Waals surface area contributed by atoms with Crippen LogP contribution in [0, 0.1) is 12.7 Å². The van der Waals surface area contributed by atoms with Gasteiger partial charge in [-0.15, -0.1) is 11.3 Å². The number of hydrogen-bond donors (Lipinski definition) is 0. The van der Waals surface area contributed by atoms with Gasteiger partial charge in [-0.2, -0.15) is 4.98 Å². The zero-order chi connectivity index (χ0) is 25.8. The van der Waals surface area contributed by atoms with E-state index in [0.29, 0.717) is 41.3 Å². The molecule has 38 heavy (non-hydrogen) atoms. The first-order valence-corrected chi connectivity index (χ1v) is 13.9. The molecule has 0 aliphatic carbocycles. The lowest BCUT2D eigenvalue weighted by atomic mass is 10.1. The molecule has 1 saturated heterocycles. The van der Waals surface area contributed by atoms with Gasteiger partial charge in [0.2, 0.25) is 11.9 Å². The molecule has 3 aliphatic rings. The van der Waals surface area contributed by atoms with E-state index in [1.54, 1.807) is 10.3 Å². The number of halogens is 1. The predicted molar refractivity (Wildman–Crippen MR) is 145 cm³/mol. The number of piperidine rings is 1. The largest absolute Gasteiger partial charge is 0.342 e. The lowest BCUT2D eigenvalue weighted by Crippen LogP contribution is -2.50. The highest BCUT2D eigenvalue weighted by molar-refractivity contribution is 7.09. The van der Waals surface area contributed by atoms with Crippen LogP contribution in [0.5, 0.6) is 0 Å². The summed E-state index contributed by atoms with van der Waals surface area (Å²) in [5, 5.41) is 2.73. The summed E-state index contributed by atoms with van der Waals surface area (Å²) in [5.41, 5.74) is 2.18. The molecule has 0 N–H and O–H groups in total. The highest BCUT2D eigenvalue weighted by atomic mass is 32.1. The summed E-state index contributed by atoms with van der Waals surface area (Å²) in [6.45, 7) is 5.34. The van der Waals surface area contributed by atoms with Crippen molar-refractivity contribution < 1.29 is 9.18 Å². The Labute approximate surface area is 223 Å². The Balaban J connectivity index is 1.33. The zero-order valence-corrected chi connectivity index (χ0v) is 21.9. The average molecular weight is 531 g/mol. The number of aliphatic imine (C=N–C) groups is 1. The maximum Gasteiger partial charge on any atom is 0.281 e. The van der Waals surface area contributed by atoms with E-state index < -0.39 is 0 Å². The summed E-state index contributed by atoms with van der Waals surface area (Å²) < 4.78 is 16.5. The zero-order valence-electron chi connectivity index (χ0n) is 21.1. The average Bonchev–Trinajstić information content (AvgIpc) is 3.66. The van der Waals surface area contributed by atoms with Crippen molar-refractivity contribution in [3.63, 3.8) is 0 Å². The van der Waals surface area contributed by atoms with Crippen LogP contribution >= 0.6 is 11.3 Å². The van der Waals surface area contributed by atoms with Crippen molar-refractivity contribution in [2.45, 2.75) is 39.3 Å². The summed E-state index contributed by atoms with van der Waals surface area (Å²) in [7, 11) is 0. The van der Waals surface area contributed by atoms with Crippen LogP contribution in [0.4, 0.5) is 16.2 Å². The van der Waals surface area contributed by atoms with E-state index in [4.69, 9.17) is 15.0 Å². The molecule has 3 aliphatic heterocycles. The highest BCUT2D eigenvalue weighted by Gasteiger charge is 2.43. The number of amides is 1. The quantitative estimate of drug-likeness (QED) is 0.385. The molecule has 0 saturated carbocycles. The summed E-state index contributed by atoms with van der Waals surface area (Å²) in [5.74, 6) is 2.00. The van der Waals surface area contributed by atoms with E-state index in [-0.39, 0.29) is 24.8 Å².